The maximum atomic E-state index is 14.3. The van der Waals surface area contributed by atoms with Crippen LogP contribution in [0.5, 0.6) is 0 Å². The second kappa shape index (κ2) is 10.8. The van der Waals surface area contributed by atoms with Gasteiger partial charge in [-0.2, -0.15) is 4.98 Å². The molecule has 0 bridgehead atoms. The number of aromatic nitrogens is 4. The average molecular weight is 461 g/mol. The van der Waals surface area contributed by atoms with Crippen molar-refractivity contribution in [2.75, 3.05) is 30.5 Å². The van der Waals surface area contributed by atoms with Gasteiger partial charge in [0.05, 0.1) is 11.9 Å². The number of nitrogens with one attached hydrogen (secondary N) is 2. The summed E-state index contributed by atoms with van der Waals surface area (Å²) in [6, 6.07) is 3.62. The SMILES string of the molecule is CCC[C@H](CCCO)Nc1ncc2nc(Nc3ccc(F)cc3F)n(C3CCOCC3)c2n1. The van der Waals surface area contributed by atoms with Crippen molar-refractivity contribution in [2.45, 2.75) is 57.5 Å². The Labute approximate surface area is 191 Å². The van der Waals surface area contributed by atoms with Crippen molar-refractivity contribution < 1.29 is 18.6 Å². The highest BCUT2D eigenvalue weighted by Crippen LogP contribution is 2.32. The van der Waals surface area contributed by atoms with E-state index < -0.39 is 11.6 Å². The van der Waals surface area contributed by atoms with Gasteiger partial charge in [-0.25, -0.2) is 18.7 Å². The lowest BCUT2D eigenvalue weighted by molar-refractivity contribution is 0.0710. The molecule has 0 spiro atoms. The van der Waals surface area contributed by atoms with Crippen LogP contribution in [0.2, 0.25) is 0 Å². The molecule has 178 valence electrons. The van der Waals surface area contributed by atoms with Crippen LogP contribution in [0, 0.1) is 11.6 Å². The highest BCUT2D eigenvalue weighted by atomic mass is 19.1. The van der Waals surface area contributed by atoms with Gasteiger partial charge < -0.3 is 20.5 Å². The van der Waals surface area contributed by atoms with Crippen molar-refractivity contribution in [1.82, 2.24) is 19.5 Å². The number of rotatable bonds is 10. The lowest BCUT2D eigenvalue weighted by atomic mass is 10.1. The maximum absolute atomic E-state index is 14.3. The van der Waals surface area contributed by atoms with E-state index in [2.05, 4.69) is 27.5 Å². The van der Waals surface area contributed by atoms with E-state index in [9.17, 15) is 13.9 Å². The molecule has 0 radical (unpaired) electrons. The molecule has 33 heavy (non-hydrogen) atoms. The lowest BCUT2D eigenvalue weighted by Crippen LogP contribution is -2.22. The summed E-state index contributed by atoms with van der Waals surface area (Å²) in [5, 5.41) is 15.6. The molecular formula is C23H30F2N6O2. The molecule has 1 saturated heterocycles. The summed E-state index contributed by atoms with van der Waals surface area (Å²) >= 11 is 0. The van der Waals surface area contributed by atoms with Crippen LogP contribution in [0.1, 0.15) is 51.5 Å². The van der Waals surface area contributed by atoms with Crippen molar-refractivity contribution in [3.8, 4) is 0 Å². The van der Waals surface area contributed by atoms with Crippen LogP contribution in [-0.2, 0) is 4.74 Å². The molecule has 8 nitrogen and oxygen atoms in total. The molecule has 10 heteroatoms. The number of imidazole rings is 1. The second-order valence-corrected chi connectivity index (χ2v) is 8.30. The quantitative estimate of drug-likeness (QED) is 0.408. The summed E-state index contributed by atoms with van der Waals surface area (Å²) in [6.45, 7) is 3.49. The molecule has 3 heterocycles. The molecule has 2 aromatic heterocycles. The van der Waals surface area contributed by atoms with Crippen LogP contribution >= 0.6 is 0 Å². The fourth-order valence-corrected chi connectivity index (χ4v) is 4.21. The van der Waals surface area contributed by atoms with Gasteiger partial charge in [-0.15, -0.1) is 0 Å². The van der Waals surface area contributed by atoms with Crippen LogP contribution in [0.15, 0.2) is 24.4 Å². The third kappa shape index (κ3) is 5.56. The molecule has 1 aliphatic rings. The van der Waals surface area contributed by atoms with E-state index in [1.165, 1.54) is 12.1 Å². The Hall–Kier alpha value is -2.85. The summed E-state index contributed by atoms with van der Waals surface area (Å²) in [6.07, 6.45) is 6.67. The molecule has 0 saturated carbocycles. The summed E-state index contributed by atoms with van der Waals surface area (Å²) in [4.78, 5) is 13.8. The van der Waals surface area contributed by atoms with E-state index in [4.69, 9.17) is 9.72 Å². The highest BCUT2D eigenvalue weighted by molar-refractivity contribution is 5.76. The molecule has 1 aliphatic heterocycles. The molecular weight excluding hydrogens is 430 g/mol. The largest absolute Gasteiger partial charge is 0.396 e. The topological polar surface area (TPSA) is 97.1 Å². The number of hydrogen-bond donors (Lipinski definition) is 3. The minimum atomic E-state index is -0.694. The Kier molecular flexibility index (Phi) is 7.66. The number of anilines is 3. The first kappa shape index (κ1) is 23.3. The maximum Gasteiger partial charge on any atom is 0.224 e. The van der Waals surface area contributed by atoms with Gasteiger partial charge in [-0.3, -0.25) is 4.57 Å². The number of benzene rings is 1. The fourth-order valence-electron chi connectivity index (χ4n) is 4.21. The Morgan fingerprint density at radius 2 is 2.03 bits per heavy atom. The third-order valence-electron chi connectivity index (χ3n) is 5.85. The van der Waals surface area contributed by atoms with Gasteiger partial charge >= 0.3 is 0 Å². The molecule has 0 aliphatic carbocycles. The molecule has 3 N–H and O–H groups in total. The molecule has 0 amide bonds. The van der Waals surface area contributed by atoms with E-state index in [1.54, 1.807) is 6.20 Å². The van der Waals surface area contributed by atoms with Crippen molar-refractivity contribution in [2.24, 2.45) is 0 Å². The highest BCUT2D eigenvalue weighted by Gasteiger charge is 2.24. The van der Waals surface area contributed by atoms with Crippen molar-refractivity contribution in [3.63, 3.8) is 0 Å². The van der Waals surface area contributed by atoms with E-state index in [-0.39, 0.29) is 24.4 Å². The molecule has 1 aromatic carbocycles. The zero-order chi connectivity index (χ0) is 23.2. The van der Waals surface area contributed by atoms with Crippen LogP contribution in [0.4, 0.5) is 26.4 Å². The van der Waals surface area contributed by atoms with E-state index in [0.717, 1.165) is 38.2 Å². The van der Waals surface area contributed by atoms with E-state index in [1.807, 2.05) is 4.57 Å². The van der Waals surface area contributed by atoms with Crippen LogP contribution in [0.25, 0.3) is 11.2 Å². The number of hydrogen-bond acceptors (Lipinski definition) is 7. The molecule has 4 rings (SSSR count). The Balaban J connectivity index is 1.70. The first-order valence-electron chi connectivity index (χ1n) is 11.5. The summed E-state index contributed by atoms with van der Waals surface area (Å²) < 4.78 is 35.2. The minimum absolute atomic E-state index is 0.0679. The number of fused-ring (bicyclic) bond motifs is 1. The van der Waals surface area contributed by atoms with E-state index >= 15 is 0 Å². The van der Waals surface area contributed by atoms with Gasteiger partial charge in [0.2, 0.25) is 11.9 Å². The first-order valence-corrected chi connectivity index (χ1v) is 11.5. The summed E-state index contributed by atoms with van der Waals surface area (Å²) in [7, 11) is 0. The predicted octanol–water partition coefficient (Wildman–Crippen LogP) is 4.55. The van der Waals surface area contributed by atoms with Crippen LogP contribution in [0.3, 0.4) is 0 Å². The normalized spacial score (nSPS) is 15.6. The van der Waals surface area contributed by atoms with Crippen LogP contribution in [-0.4, -0.2) is 50.5 Å². The average Bonchev–Trinajstić information content (AvgIpc) is 3.17. The number of aliphatic hydroxyl groups excluding tert-OH is 1. The number of halogens is 2. The number of ether oxygens (including phenoxy) is 1. The van der Waals surface area contributed by atoms with Crippen molar-refractivity contribution >= 4 is 28.7 Å². The zero-order valence-corrected chi connectivity index (χ0v) is 18.7. The van der Waals surface area contributed by atoms with Crippen LogP contribution < -0.4 is 10.6 Å². The minimum Gasteiger partial charge on any atom is -0.396 e. The van der Waals surface area contributed by atoms with Gasteiger partial charge in [-0.05, 0) is 44.2 Å². The Morgan fingerprint density at radius 1 is 1.21 bits per heavy atom. The number of aliphatic hydroxyl groups is 1. The molecule has 3 aromatic rings. The lowest BCUT2D eigenvalue weighted by Gasteiger charge is -2.25. The predicted molar refractivity (Wildman–Crippen MR) is 123 cm³/mol. The van der Waals surface area contributed by atoms with Gasteiger partial charge in [0.15, 0.2) is 5.65 Å². The van der Waals surface area contributed by atoms with E-state index in [0.29, 0.717) is 42.7 Å². The molecule has 0 unspecified atom stereocenters. The standard InChI is InChI=1S/C23H30F2N6O2/c1-2-4-16(5-3-10-32)27-22-26-14-20-21(30-22)31(17-8-11-33-12-9-17)23(29-20)28-19-7-6-15(24)13-18(19)25/h6-7,13-14,16-17,32H,2-5,8-12H2,1H3,(H,28,29)(H,26,27,30)/t16-/m1/s1. The number of nitrogens with zero attached hydrogens (tertiary/aromatic N) is 4. The monoisotopic (exact) mass is 460 g/mol. The Morgan fingerprint density at radius 3 is 2.76 bits per heavy atom. The smallest absolute Gasteiger partial charge is 0.224 e. The van der Waals surface area contributed by atoms with Gasteiger partial charge in [0, 0.05) is 38.0 Å². The van der Waals surface area contributed by atoms with Gasteiger partial charge in [0.1, 0.15) is 17.2 Å². The van der Waals surface area contributed by atoms with Gasteiger partial charge in [0.25, 0.3) is 0 Å². The summed E-state index contributed by atoms with van der Waals surface area (Å²) in [5.41, 5.74) is 1.36. The Bertz CT molecular complexity index is 1070. The third-order valence-corrected chi connectivity index (χ3v) is 5.85. The molecule has 1 atom stereocenters. The second-order valence-electron chi connectivity index (χ2n) is 8.30. The first-order chi connectivity index (χ1) is 16.1. The van der Waals surface area contributed by atoms with Crippen molar-refractivity contribution in [3.05, 3.63) is 36.0 Å². The van der Waals surface area contributed by atoms with Gasteiger partial charge in [-0.1, -0.05) is 13.3 Å². The fraction of sp³-hybridized carbons (Fsp3) is 0.522. The zero-order valence-electron chi connectivity index (χ0n) is 18.7. The summed E-state index contributed by atoms with van der Waals surface area (Å²) in [5.74, 6) is -0.411. The molecule has 1 fully saturated rings. The van der Waals surface area contributed by atoms with Crippen molar-refractivity contribution in [1.29, 1.82) is 0 Å².